The summed E-state index contributed by atoms with van der Waals surface area (Å²) < 4.78 is 12.8. The largest absolute Gasteiger partial charge is 0.463 e. The molecule has 1 fully saturated rings. The SMILES string of the molecule is O=C(Nc1cnn(C[C@@H]2CCCCO2)c1)c1cc(-c2ccco2)[nH]n1. The molecule has 1 saturated heterocycles. The molecule has 0 bridgehead atoms. The maximum Gasteiger partial charge on any atom is 0.276 e. The van der Waals surface area contributed by atoms with Gasteiger partial charge in [-0.1, -0.05) is 0 Å². The molecular formula is C17H19N5O3. The number of hydrogen-bond donors (Lipinski definition) is 2. The van der Waals surface area contributed by atoms with E-state index in [4.69, 9.17) is 9.15 Å². The fourth-order valence-corrected chi connectivity index (χ4v) is 2.88. The molecule has 1 aliphatic rings. The van der Waals surface area contributed by atoms with Crippen LogP contribution in [-0.2, 0) is 11.3 Å². The van der Waals surface area contributed by atoms with Crippen LogP contribution in [0.25, 0.3) is 11.5 Å². The predicted molar refractivity (Wildman–Crippen MR) is 90.1 cm³/mol. The van der Waals surface area contributed by atoms with Crippen molar-refractivity contribution in [1.82, 2.24) is 20.0 Å². The van der Waals surface area contributed by atoms with E-state index in [0.29, 0.717) is 23.7 Å². The molecule has 8 heteroatoms. The number of rotatable bonds is 5. The van der Waals surface area contributed by atoms with Gasteiger partial charge in [0, 0.05) is 18.9 Å². The average Bonchev–Trinajstić information content (AvgIpc) is 3.37. The van der Waals surface area contributed by atoms with Crippen LogP contribution < -0.4 is 5.32 Å². The molecular weight excluding hydrogens is 322 g/mol. The highest BCUT2D eigenvalue weighted by Gasteiger charge is 2.16. The van der Waals surface area contributed by atoms with Crippen molar-refractivity contribution in [2.45, 2.75) is 31.9 Å². The third-order valence-electron chi connectivity index (χ3n) is 4.15. The summed E-state index contributed by atoms with van der Waals surface area (Å²) in [4.78, 5) is 12.3. The van der Waals surface area contributed by atoms with E-state index in [1.807, 2.05) is 0 Å². The lowest BCUT2D eigenvalue weighted by Crippen LogP contribution is -2.24. The predicted octanol–water partition coefficient (Wildman–Crippen LogP) is 2.69. The number of nitrogens with zero attached hydrogens (tertiary/aromatic N) is 3. The molecule has 0 saturated carbocycles. The van der Waals surface area contributed by atoms with E-state index in [-0.39, 0.29) is 17.7 Å². The number of carbonyl (C=O) groups is 1. The van der Waals surface area contributed by atoms with Gasteiger partial charge >= 0.3 is 0 Å². The number of amides is 1. The second-order valence-corrected chi connectivity index (χ2v) is 6.04. The van der Waals surface area contributed by atoms with Crippen LogP contribution in [-0.4, -0.2) is 38.6 Å². The van der Waals surface area contributed by atoms with Gasteiger partial charge in [-0.25, -0.2) is 0 Å². The Morgan fingerprint density at radius 2 is 2.40 bits per heavy atom. The summed E-state index contributed by atoms with van der Waals surface area (Å²) in [5, 5.41) is 13.9. The van der Waals surface area contributed by atoms with Gasteiger partial charge in [-0.15, -0.1) is 0 Å². The zero-order valence-corrected chi connectivity index (χ0v) is 13.6. The second kappa shape index (κ2) is 6.94. The minimum atomic E-state index is -0.303. The summed E-state index contributed by atoms with van der Waals surface area (Å²) in [6.45, 7) is 1.51. The minimum Gasteiger partial charge on any atom is -0.463 e. The third kappa shape index (κ3) is 3.63. The van der Waals surface area contributed by atoms with Gasteiger partial charge < -0.3 is 14.5 Å². The van der Waals surface area contributed by atoms with E-state index in [1.165, 1.54) is 6.42 Å². The molecule has 8 nitrogen and oxygen atoms in total. The van der Waals surface area contributed by atoms with Crippen molar-refractivity contribution < 1.29 is 13.9 Å². The Kier molecular flexibility index (Phi) is 4.34. The van der Waals surface area contributed by atoms with Crippen LogP contribution >= 0.6 is 0 Å². The highest BCUT2D eigenvalue weighted by Crippen LogP contribution is 2.19. The van der Waals surface area contributed by atoms with E-state index >= 15 is 0 Å². The Morgan fingerprint density at radius 3 is 3.20 bits per heavy atom. The first-order valence-corrected chi connectivity index (χ1v) is 8.32. The van der Waals surface area contributed by atoms with Crippen molar-refractivity contribution in [3.8, 4) is 11.5 Å². The quantitative estimate of drug-likeness (QED) is 0.743. The number of aromatic amines is 1. The molecule has 0 spiro atoms. The van der Waals surface area contributed by atoms with Crippen molar-refractivity contribution in [2.24, 2.45) is 0 Å². The molecule has 1 aliphatic heterocycles. The minimum absolute atomic E-state index is 0.194. The average molecular weight is 341 g/mol. The summed E-state index contributed by atoms with van der Waals surface area (Å²) >= 11 is 0. The third-order valence-corrected chi connectivity index (χ3v) is 4.15. The number of nitrogens with one attached hydrogen (secondary N) is 2. The van der Waals surface area contributed by atoms with Gasteiger partial charge in [0.25, 0.3) is 5.91 Å². The van der Waals surface area contributed by atoms with Crippen LogP contribution in [0.1, 0.15) is 29.8 Å². The number of carbonyl (C=O) groups excluding carboxylic acids is 1. The van der Waals surface area contributed by atoms with E-state index in [9.17, 15) is 4.79 Å². The van der Waals surface area contributed by atoms with Gasteiger partial charge in [0.05, 0.1) is 30.8 Å². The maximum absolute atomic E-state index is 12.3. The first kappa shape index (κ1) is 15.6. The summed E-state index contributed by atoms with van der Waals surface area (Å²) in [5.74, 6) is 0.328. The van der Waals surface area contributed by atoms with Crippen LogP contribution in [0.2, 0.25) is 0 Å². The molecule has 0 unspecified atom stereocenters. The van der Waals surface area contributed by atoms with Gasteiger partial charge in [-0.05, 0) is 31.4 Å². The van der Waals surface area contributed by atoms with Crippen LogP contribution in [0.15, 0.2) is 41.3 Å². The summed E-state index contributed by atoms with van der Waals surface area (Å²) in [7, 11) is 0. The molecule has 3 aromatic heterocycles. The van der Waals surface area contributed by atoms with Crippen molar-refractivity contribution in [3.63, 3.8) is 0 Å². The summed E-state index contributed by atoms with van der Waals surface area (Å²) in [6, 6.07) is 5.22. The first-order chi connectivity index (χ1) is 12.3. The molecule has 3 aromatic rings. The molecule has 4 heterocycles. The number of H-pyrrole nitrogens is 1. The lowest BCUT2D eigenvalue weighted by Gasteiger charge is -2.22. The fourth-order valence-electron chi connectivity index (χ4n) is 2.88. The van der Waals surface area contributed by atoms with E-state index in [2.05, 4.69) is 20.6 Å². The smallest absolute Gasteiger partial charge is 0.276 e. The Labute approximate surface area is 144 Å². The normalized spacial score (nSPS) is 17.5. The van der Waals surface area contributed by atoms with Crippen molar-refractivity contribution in [2.75, 3.05) is 11.9 Å². The number of furan rings is 1. The highest BCUT2D eigenvalue weighted by molar-refractivity contribution is 6.03. The molecule has 0 aromatic carbocycles. The maximum atomic E-state index is 12.3. The van der Waals surface area contributed by atoms with Gasteiger partial charge in [0.2, 0.25) is 0 Å². The fraction of sp³-hybridized carbons (Fsp3) is 0.353. The summed E-state index contributed by atoms with van der Waals surface area (Å²) in [6.07, 6.45) is 8.55. The number of hydrogen-bond acceptors (Lipinski definition) is 5. The number of anilines is 1. The standard InChI is InChI=1S/C17H19N5O3/c23-17(15-8-14(20-21-15)16-5-3-7-25-16)19-12-9-18-22(10-12)11-13-4-1-2-6-24-13/h3,5,7-10,13H,1-2,4,6,11H2,(H,19,23)(H,20,21)/t13-/m0/s1. The topological polar surface area (TPSA) is 98.0 Å². The molecule has 4 rings (SSSR count). The molecule has 2 N–H and O–H groups in total. The zero-order valence-electron chi connectivity index (χ0n) is 13.6. The van der Waals surface area contributed by atoms with Gasteiger partial charge in [0.1, 0.15) is 5.69 Å². The van der Waals surface area contributed by atoms with Crippen LogP contribution in [0.5, 0.6) is 0 Å². The highest BCUT2D eigenvalue weighted by atomic mass is 16.5. The zero-order chi connectivity index (χ0) is 17.1. The second-order valence-electron chi connectivity index (χ2n) is 6.04. The van der Waals surface area contributed by atoms with Crippen molar-refractivity contribution >= 4 is 11.6 Å². The Hall–Kier alpha value is -2.87. The molecule has 0 aliphatic carbocycles. The number of aromatic nitrogens is 4. The Balaban J connectivity index is 1.38. The Morgan fingerprint density at radius 1 is 1.44 bits per heavy atom. The van der Waals surface area contributed by atoms with Gasteiger partial charge in [0.15, 0.2) is 11.5 Å². The molecule has 130 valence electrons. The van der Waals surface area contributed by atoms with E-state index in [0.717, 1.165) is 19.4 Å². The van der Waals surface area contributed by atoms with E-state index in [1.54, 1.807) is 41.5 Å². The van der Waals surface area contributed by atoms with E-state index < -0.39 is 0 Å². The Bertz CT molecular complexity index is 830. The van der Waals surface area contributed by atoms with Crippen molar-refractivity contribution in [3.05, 3.63) is 42.5 Å². The van der Waals surface area contributed by atoms with Crippen LogP contribution in [0.4, 0.5) is 5.69 Å². The number of ether oxygens (including phenoxy) is 1. The lowest BCUT2D eigenvalue weighted by atomic mass is 10.1. The molecule has 1 atom stereocenters. The molecule has 25 heavy (non-hydrogen) atoms. The lowest BCUT2D eigenvalue weighted by molar-refractivity contribution is 0.00401. The summed E-state index contributed by atoms with van der Waals surface area (Å²) in [5.41, 5.74) is 1.57. The molecule has 1 amide bonds. The van der Waals surface area contributed by atoms with Crippen LogP contribution in [0, 0.1) is 0 Å². The molecule has 0 radical (unpaired) electrons. The first-order valence-electron chi connectivity index (χ1n) is 8.32. The monoisotopic (exact) mass is 341 g/mol. The van der Waals surface area contributed by atoms with Gasteiger partial charge in [-0.3, -0.25) is 14.6 Å². The van der Waals surface area contributed by atoms with Gasteiger partial charge in [-0.2, -0.15) is 10.2 Å². The van der Waals surface area contributed by atoms with Crippen molar-refractivity contribution in [1.29, 1.82) is 0 Å². The van der Waals surface area contributed by atoms with Crippen LogP contribution in [0.3, 0.4) is 0 Å².